The van der Waals surface area contributed by atoms with Crippen molar-refractivity contribution >= 4 is 11.0 Å². The summed E-state index contributed by atoms with van der Waals surface area (Å²) in [7, 11) is 0. The molecule has 0 unspecified atom stereocenters. The summed E-state index contributed by atoms with van der Waals surface area (Å²) in [5.41, 5.74) is 4.85. The zero-order valence-electron chi connectivity index (χ0n) is 15.5. The summed E-state index contributed by atoms with van der Waals surface area (Å²) < 4.78 is 12.8. The topological polar surface area (TPSA) is 82.0 Å². The summed E-state index contributed by atoms with van der Waals surface area (Å²) in [6.07, 6.45) is 5.01. The highest BCUT2D eigenvalue weighted by molar-refractivity contribution is 5.74. The molecule has 7 nitrogen and oxygen atoms in total. The van der Waals surface area contributed by atoms with E-state index in [-0.39, 0.29) is 17.7 Å². The van der Waals surface area contributed by atoms with E-state index in [1.165, 1.54) is 18.4 Å². The first-order valence-electron chi connectivity index (χ1n) is 9.44. The molecular formula is C20H22N4O3. The Balaban J connectivity index is 1.54. The molecule has 0 spiro atoms. The van der Waals surface area contributed by atoms with Crippen molar-refractivity contribution in [3.05, 3.63) is 45.4 Å². The Morgan fingerprint density at radius 3 is 2.67 bits per heavy atom. The standard InChI is InChI=1S/C20H22N4O3/c1-11-7-14(13-3-4-13)8-12(2)17(11)24-9-16-18(23-24)21-20(22-19(16)25)27-15-5-6-26-10-15/h7-9,13,15H,3-6,10H2,1-2H3,(H,21,22,23,25)/t15-/m1/s1. The summed E-state index contributed by atoms with van der Waals surface area (Å²) in [4.78, 5) is 19.6. The van der Waals surface area contributed by atoms with Gasteiger partial charge in [0.2, 0.25) is 0 Å². The van der Waals surface area contributed by atoms with E-state index in [4.69, 9.17) is 9.47 Å². The molecule has 140 valence electrons. The number of nitrogens with zero attached hydrogens (tertiary/aromatic N) is 3. The van der Waals surface area contributed by atoms with Crippen LogP contribution in [0, 0.1) is 13.8 Å². The van der Waals surface area contributed by atoms with Crippen molar-refractivity contribution in [1.82, 2.24) is 19.7 Å². The van der Waals surface area contributed by atoms with Gasteiger partial charge in [-0.05, 0) is 49.3 Å². The predicted molar refractivity (Wildman–Crippen MR) is 101 cm³/mol. The highest BCUT2D eigenvalue weighted by Crippen LogP contribution is 2.41. The first-order valence-corrected chi connectivity index (χ1v) is 9.44. The van der Waals surface area contributed by atoms with Gasteiger partial charge in [-0.1, -0.05) is 12.1 Å². The molecule has 1 saturated carbocycles. The van der Waals surface area contributed by atoms with Crippen LogP contribution >= 0.6 is 0 Å². The van der Waals surface area contributed by atoms with E-state index in [2.05, 4.69) is 41.0 Å². The number of nitrogens with one attached hydrogen (secondary N) is 1. The van der Waals surface area contributed by atoms with Gasteiger partial charge in [0, 0.05) is 12.6 Å². The van der Waals surface area contributed by atoms with E-state index in [0.717, 1.165) is 23.2 Å². The summed E-state index contributed by atoms with van der Waals surface area (Å²) in [5, 5.41) is 5.02. The quantitative estimate of drug-likeness (QED) is 0.768. The molecule has 0 radical (unpaired) electrons. The molecule has 0 bridgehead atoms. The maximum absolute atomic E-state index is 12.5. The van der Waals surface area contributed by atoms with Crippen molar-refractivity contribution in [2.24, 2.45) is 0 Å². The molecule has 1 atom stereocenters. The fraction of sp³-hybridized carbons (Fsp3) is 0.450. The molecule has 7 heteroatoms. The van der Waals surface area contributed by atoms with Crippen LogP contribution in [0.1, 0.15) is 41.9 Å². The highest BCUT2D eigenvalue weighted by Gasteiger charge is 2.25. The molecule has 3 aromatic rings. The zero-order valence-corrected chi connectivity index (χ0v) is 15.5. The number of H-pyrrole nitrogens is 1. The van der Waals surface area contributed by atoms with Gasteiger partial charge in [-0.3, -0.25) is 9.78 Å². The molecule has 1 aliphatic carbocycles. The lowest BCUT2D eigenvalue weighted by atomic mass is 10.0. The lowest BCUT2D eigenvalue weighted by Gasteiger charge is -2.12. The van der Waals surface area contributed by atoms with Crippen molar-refractivity contribution in [2.75, 3.05) is 13.2 Å². The maximum Gasteiger partial charge on any atom is 0.298 e. The van der Waals surface area contributed by atoms with Gasteiger partial charge in [0.15, 0.2) is 5.65 Å². The van der Waals surface area contributed by atoms with Crippen LogP contribution in [0.2, 0.25) is 0 Å². The monoisotopic (exact) mass is 366 g/mol. The first-order chi connectivity index (χ1) is 13.1. The maximum atomic E-state index is 12.5. The van der Waals surface area contributed by atoms with Gasteiger partial charge in [0.05, 0.1) is 18.9 Å². The average molecular weight is 366 g/mol. The van der Waals surface area contributed by atoms with Crippen LogP contribution in [0.15, 0.2) is 23.1 Å². The Labute approximate surface area is 156 Å². The number of aryl methyl sites for hydroxylation is 2. The largest absolute Gasteiger partial charge is 0.459 e. The summed E-state index contributed by atoms with van der Waals surface area (Å²) in [5.74, 6) is 0.705. The van der Waals surface area contributed by atoms with E-state index in [0.29, 0.717) is 30.2 Å². The number of rotatable bonds is 4. The number of hydrogen-bond acceptors (Lipinski definition) is 5. The van der Waals surface area contributed by atoms with Crippen LogP contribution in [0.3, 0.4) is 0 Å². The number of aromatic nitrogens is 4. The second-order valence-electron chi connectivity index (χ2n) is 7.56. The minimum atomic E-state index is -0.245. The number of ether oxygens (including phenoxy) is 2. The third-order valence-corrected chi connectivity index (χ3v) is 5.32. The zero-order chi connectivity index (χ0) is 18.5. The molecular weight excluding hydrogens is 344 g/mol. The van der Waals surface area contributed by atoms with E-state index >= 15 is 0 Å². The molecule has 0 amide bonds. The normalized spacial score (nSPS) is 19.7. The lowest BCUT2D eigenvalue weighted by molar-refractivity contribution is 0.134. The van der Waals surface area contributed by atoms with Crippen LogP contribution in [0.4, 0.5) is 0 Å². The smallest absolute Gasteiger partial charge is 0.298 e. The molecule has 1 saturated heterocycles. The molecule has 27 heavy (non-hydrogen) atoms. The summed E-state index contributed by atoms with van der Waals surface area (Å²) in [6.45, 7) is 5.36. The van der Waals surface area contributed by atoms with Crippen molar-refractivity contribution in [1.29, 1.82) is 0 Å². The highest BCUT2D eigenvalue weighted by atomic mass is 16.6. The van der Waals surface area contributed by atoms with Crippen LogP contribution < -0.4 is 10.3 Å². The van der Waals surface area contributed by atoms with Crippen LogP contribution in [0.5, 0.6) is 6.01 Å². The second-order valence-corrected chi connectivity index (χ2v) is 7.56. The predicted octanol–water partition coefficient (Wildman–Crippen LogP) is 2.77. The number of hydrogen-bond donors (Lipinski definition) is 1. The first kappa shape index (κ1) is 16.5. The molecule has 1 aliphatic heterocycles. The van der Waals surface area contributed by atoms with Crippen LogP contribution in [-0.4, -0.2) is 39.1 Å². The number of aromatic amines is 1. The molecule has 2 aliphatic rings. The lowest BCUT2D eigenvalue weighted by Crippen LogP contribution is -2.19. The molecule has 3 heterocycles. The van der Waals surface area contributed by atoms with Crippen molar-refractivity contribution < 1.29 is 9.47 Å². The average Bonchev–Trinajstić information content (AvgIpc) is 3.19. The third kappa shape index (κ3) is 3.02. The fourth-order valence-corrected chi connectivity index (χ4v) is 3.83. The van der Waals surface area contributed by atoms with Crippen molar-refractivity contribution in [3.63, 3.8) is 0 Å². The third-order valence-electron chi connectivity index (χ3n) is 5.32. The fourth-order valence-electron chi connectivity index (χ4n) is 3.83. The minimum absolute atomic E-state index is 0.0767. The second kappa shape index (κ2) is 6.20. The Morgan fingerprint density at radius 2 is 2.00 bits per heavy atom. The van der Waals surface area contributed by atoms with Crippen molar-refractivity contribution in [3.8, 4) is 11.7 Å². The van der Waals surface area contributed by atoms with Crippen molar-refractivity contribution in [2.45, 2.75) is 45.1 Å². The van der Waals surface area contributed by atoms with Gasteiger partial charge >= 0.3 is 0 Å². The van der Waals surface area contributed by atoms with Gasteiger partial charge in [-0.15, -0.1) is 5.10 Å². The molecule has 2 fully saturated rings. The van der Waals surface area contributed by atoms with Crippen LogP contribution in [-0.2, 0) is 4.74 Å². The van der Waals surface area contributed by atoms with E-state index in [9.17, 15) is 4.79 Å². The minimum Gasteiger partial charge on any atom is -0.459 e. The van der Waals surface area contributed by atoms with E-state index < -0.39 is 0 Å². The molecule has 5 rings (SSSR count). The molecule has 1 aromatic carbocycles. The van der Waals surface area contributed by atoms with Gasteiger partial charge in [0.1, 0.15) is 11.5 Å². The van der Waals surface area contributed by atoms with E-state index in [1.54, 1.807) is 10.9 Å². The number of benzene rings is 1. The Kier molecular flexibility index (Phi) is 3.79. The van der Waals surface area contributed by atoms with Gasteiger partial charge < -0.3 is 9.47 Å². The SMILES string of the molecule is Cc1cc(C2CC2)cc(C)c1-n1cc2c(=O)[nH]c(O[C@@H]3CCOC3)nc2n1. The summed E-state index contributed by atoms with van der Waals surface area (Å²) >= 11 is 0. The Morgan fingerprint density at radius 1 is 1.22 bits per heavy atom. The molecule has 2 aromatic heterocycles. The Bertz CT molecular complexity index is 1050. The molecule has 1 N–H and O–H groups in total. The number of fused-ring (bicyclic) bond motifs is 1. The van der Waals surface area contributed by atoms with E-state index in [1.807, 2.05) is 0 Å². The summed E-state index contributed by atoms with van der Waals surface area (Å²) in [6, 6.07) is 4.67. The Hall–Kier alpha value is -2.67. The van der Waals surface area contributed by atoms with Gasteiger partial charge in [-0.2, -0.15) is 4.98 Å². The van der Waals surface area contributed by atoms with Gasteiger partial charge in [0.25, 0.3) is 11.6 Å². The van der Waals surface area contributed by atoms with Gasteiger partial charge in [-0.25, -0.2) is 4.68 Å². The van der Waals surface area contributed by atoms with Crippen LogP contribution in [0.25, 0.3) is 16.7 Å².